The van der Waals surface area contributed by atoms with Crippen molar-refractivity contribution in [2.75, 3.05) is 18.0 Å². The third-order valence-corrected chi connectivity index (χ3v) is 2.64. The predicted molar refractivity (Wildman–Crippen MR) is 53.7 cm³/mol. The van der Waals surface area contributed by atoms with Crippen LogP contribution in [0.1, 0.15) is 12.8 Å². The van der Waals surface area contributed by atoms with Crippen molar-refractivity contribution in [3.8, 4) is 0 Å². The molecule has 0 radical (unpaired) electrons. The van der Waals surface area contributed by atoms with E-state index in [1.165, 1.54) is 18.5 Å². The van der Waals surface area contributed by atoms with E-state index in [0.717, 1.165) is 13.1 Å². The molecule has 3 heteroatoms. The van der Waals surface area contributed by atoms with Crippen LogP contribution in [-0.2, 0) is 0 Å². The highest BCUT2D eigenvalue weighted by Gasteiger charge is 2.22. The van der Waals surface area contributed by atoms with Gasteiger partial charge in [0.05, 0.1) is 0 Å². The lowest BCUT2D eigenvalue weighted by Crippen LogP contribution is -2.35. The first-order valence-electron chi connectivity index (χ1n) is 4.78. The molecule has 1 aliphatic rings. The van der Waals surface area contributed by atoms with Crippen molar-refractivity contribution in [1.82, 2.24) is 4.98 Å². The van der Waals surface area contributed by atoms with Crippen LogP contribution in [0.4, 0.5) is 5.69 Å². The lowest BCUT2D eigenvalue weighted by atomic mass is 10.2. The molecule has 2 rings (SSSR count). The van der Waals surface area contributed by atoms with Gasteiger partial charge in [0.15, 0.2) is 0 Å². The first-order valence-corrected chi connectivity index (χ1v) is 4.78. The second kappa shape index (κ2) is 3.75. The van der Waals surface area contributed by atoms with E-state index in [1.54, 1.807) is 0 Å². The Morgan fingerprint density at radius 3 is 2.92 bits per heavy atom. The molecule has 1 atom stereocenters. The number of nitrogens with zero attached hydrogens (tertiary/aromatic N) is 2. The molecule has 0 aliphatic carbocycles. The van der Waals surface area contributed by atoms with E-state index >= 15 is 0 Å². The highest BCUT2D eigenvalue weighted by atomic mass is 15.2. The number of aromatic nitrogens is 1. The largest absolute Gasteiger partial charge is 0.367 e. The van der Waals surface area contributed by atoms with Gasteiger partial charge in [-0.3, -0.25) is 4.98 Å². The maximum Gasteiger partial charge on any atom is 0.0413 e. The van der Waals surface area contributed by atoms with Crippen LogP contribution in [0.15, 0.2) is 24.5 Å². The minimum Gasteiger partial charge on any atom is -0.367 e. The molecule has 13 heavy (non-hydrogen) atoms. The minimum absolute atomic E-state index is 0.530. The van der Waals surface area contributed by atoms with Gasteiger partial charge in [-0.05, 0) is 25.0 Å². The highest BCUT2D eigenvalue weighted by Crippen LogP contribution is 2.23. The van der Waals surface area contributed by atoms with Gasteiger partial charge in [0.2, 0.25) is 0 Å². The van der Waals surface area contributed by atoms with Crippen molar-refractivity contribution in [2.24, 2.45) is 5.73 Å². The summed E-state index contributed by atoms with van der Waals surface area (Å²) >= 11 is 0. The third kappa shape index (κ3) is 1.65. The average Bonchev–Trinajstić information content (AvgIpc) is 2.67. The lowest BCUT2D eigenvalue weighted by molar-refractivity contribution is 0.677. The Balaban J connectivity index is 2.16. The van der Waals surface area contributed by atoms with Gasteiger partial charge < -0.3 is 10.6 Å². The normalized spacial score (nSPS) is 22.2. The second-order valence-electron chi connectivity index (χ2n) is 3.43. The van der Waals surface area contributed by atoms with E-state index in [4.69, 9.17) is 5.73 Å². The van der Waals surface area contributed by atoms with Crippen LogP contribution >= 0.6 is 0 Å². The van der Waals surface area contributed by atoms with E-state index in [1.807, 2.05) is 24.5 Å². The monoisotopic (exact) mass is 177 g/mol. The molecule has 1 aromatic heterocycles. The Morgan fingerprint density at radius 1 is 1.46 bits per heavy atom. The fourth-order valence-corrected chi connectivity index (χ4v) is 1.96. The zero-order valence-electron chi connectivity index (χ0n) is 7.69. The Hall–Kier alpha value is -1.09. The first kappa shape index (κ1) is 8.51. The smallest absolute Gasteiger partial charge is 0.0413 e. The quantitative estimate of drug-likeness (QED) is 0.733. The number of anilines is 1. The van der Waals surface area contributed by atoms with Crippen LogP contribution in [0.25, 0.3) is 0 Å². The molecule has 1 fully saturated rings. The van der Waals surface area contributed by atoms with Crippen LogP contribution in [-0.4, -0.2) is 24.1 Å². The van der Waals surface area contributed by atoms with E-state index < -0.39 is 0 Å². The summed E-state index contributed by atoms with van der Waals surface area (Å²) < 4.78 is 0. The Kier molecular flexibility index (Phi) is 2.45. The summed E-state index contributed by atoms with van der Waals surface area (Å²) in [6, 6.07) is 4.63. The number of hydrogen-bond acceptors (Lipinski definition) is 3. The molecule has 0 spiro atoms. The molecule has 0 aromatic carbocycles. The van der Waals surface area contributed by atoms with Crippen molar-refractivity contribution < 1.29 is 0 Å². The van der Waals surface area contributed by atoms with E-state index in [9.17, 15) is 0 Å². The predicted octanol–water partition coefficient (Wildman–Crippen LogP) is 1.01. The number of hydrogen-bond donors (Lipinski definition) is 1. The molecular formula is C10H15N3. The Morgan fingerprint density at radius 2 is 2.23 bits per heavy atom. The standard InChI is InChI=1S/C10H15N3/c11-8-10-2-1-7-13(10)9-3-5-12-6-4-9/h3-6,10H,1-2,7-8,11H2. The first-order chi connectivity index (χ1) is 6.42. The van der Waals surface area contributed by atoms with Gasteiger partial charge in [-0.15, -0.1) is 0 Å². The summed E-state index contributed by atoms with van der Waals surface area (Å²) in [5, 5.41) is 0. The Labute approximate surface area is 78.6 Å². The molecule has 70 valence electrons. The second-order valence-corrected chi connectivity index (χ2v) is 3.43. The van der Waals surface area contributed by atoms with Crippen LogP contribution in [0, 0.1) is 0 Å². The molecule has 1 saturated heterocycles. The lowest BCUT2D eigenvalue weighted by Gasteiger charge is -2.25. The van der Waals surface area contributed by atoms with E-state index in [0.29, 0.717) is 6.04 Å². The van der Waals surface area contributed by atoms with Crippen LogP contribution < -0.4 is 10.6 Å². The fraction of sp³-hybridized carbons (Fsp3) is 0.500. The third-order valence-electron chi connectivity index (χ3n) is 2.64. The van der Waals surface area contributed by atoms with Crippen LogP contribution in [0.5, 0.6) is 0 Å². The van der Waals surface area contributed by atoms with Crippen LogP contribution in [0.3, 0.4) is 0 Å². The highest BCUT2D eigenvalue weighted by molar-refractivity contribution is 5.46. The van der Waals surface area contributed by atoms with Gasteiger partial charge in [-0.2, -0.15) is 0 Å². The summed E-state index contributed by atoms with van der Waals surface area (Å²) in [6.07, 6.45) is 6.14. The molecule has 1 aromatic rings. The molecule has 0 saturated carbocycles. The summed E-state index contributed by atoms with van der Waals surface area (Å²) in [5.41, 5.74) is 6.96. The van der Waals surface area contributed by atoms with Gasteiger partial charge in [0.25, 0.3) is 0 Å². The average molecular weight is 177 g/mol. The van der Waals surface area contributed by atoms with Gasteiger partial charge in [0, 0.05) is 37.2 Å². The molecule has 1 aliphatic heterocycles. The molecule has 0 bridgehead atoms. The van der Waals surface area contributed by atoms with Crippen molar-refractivity contribution in [3.05, 3.63) is 24.5 Å². The van der Waals surface area contributed by atoms with Gasteiger partial charge in [-0.25, -0.2) is 0 Å². The molecule has 1 unspecified atom stereocenters. The number of pyridine rings is 1. The van der Waals surface area contributed by atoms with Gasteiger partial charge >= 0.3 is 0 Å². The zero-order valence-corrected chi connectivity index (χ0v) is 7.69. The maximum absolute atomic E-state index is 5.70. The van der Waals surface area contributed by atoms with Crippen molar-refractivity contribution in [3.63, 3.8) is 0 Å². The summed E-state index contributed by atoms with van der Waals surface area (Å²) in [6.45, 7) is 1.88. The van der Waals surface area contributed by atoms with E-state index in [2.05, 4.69) is 9.88 Å². The number of rotatable bonds is 2. The SMILES string of the molecule is NCC1CCCN1c1ccncc1. The molecular weight excluding hydrogens is 162 g/mol. The van der Waals surface area contributed by atoms with Crippen molar-refractivity contribution in [2.45, 2.75) is 18.9 Å². The maximum atomic E-state index is 5.70. The molecule has 2 N–H and O–H groups in total. The van der Waals surface area contributed by atoms with Gasteiger partial charge in [-0.1, -0.05) is 0 Å². The number of nitrogens with two attached hydrogens (primary N) is 1. The summed E-state index contributed by atoms with van der Waals surface area (Å²) in [5.74, 6) is 0. The zero-order chi connectivity index (χ0) is 9.10. The van der Waals surface area contributed by atoms with Crippen molar-refractivity contribution >= 4 is 5.69 Å². The summed E-state index contributed by atoms with van der Waals surface area (Å²) in [4.78, 5) is 6.39. The Bertz CT molecular complexity index is 260. The minimum atomic E-state index is 0.530. The molecule has 2 heterocycles. The fourth-order valence-electron chi connectivity index (χ4n) is 1.96. The van der Waals surface area contributed by atoms with E-state index in [-0.39, 0.29) is 0 Å². The molecule has 0 amide bonds. The molecule has 3 nitrogen and oxygen atoms in total. The van der Waals surface area contributed by atoms with Crippen molar-refractivity contribution in [1.29, 1.82) is 0 Å². The van der Waals surface area contributed by atoms with Crippen LogP contribution in [0.2, 0.25) is 0 Å². The topological polar surface area (TPSA) is 42.1 Å². The van der Waals surface area contributed by atoms with Gasteiger partial charge in [0.1, 0.15) is 0 Å². The summed E-state index contributed by atoms with van der Waals surface area (Å²) in [7, 11) is 0.